The SMILES string of the molecule is CCOC(=O)c1cn(C2CC2)c2c(COCc3ccnc(N)n3)c(Cl)ccc2c1=O. The minimum atomic E-state index is -0.618. The third kappa shape index (κ3) is 4.01. The number of pyridine rings is 1. The maximum atomic E-state index is 13.0. The van der Waals surface area contributed by atoms with Crippen molar-refractivity contribution < 1.29 is 14.3 Å². The van der Waals surface area contributed by atoms with E-state index in [2.05, 4.69) is 9.97 Å². The number of rotatable bonds is 7. The van der Waals surface area contributed by atoms with Gasteiger partial charge >= 0.3 is 5.97 Å². The Bertz CT molecular complexity index is 1170. The molecule has 30 heavy (non-hydrogen) atoms. The number of halogens is 1. The summed E-state index contributed by atoms with van der Waals surface area (Å²) in [4.78, 5) is 33.3. The van der Waals surface area contributed by atoms with Crippen LogP contribution in [0, 0.1) is 0 Å². The molecule has 2 N–H and O–H groups in total. The topological polar surface area (TPSA) is 109 Å². The fraction of sp³-hybridized carbons (Fsp3) is 0.333. The Labute approximate surface area is 177 Å². The highest BCUT2D eigenvalue weighted by atomic mass is 35.5. The average Bonchev–Trinajstić information content (AvgIpc) is 3.55. The second-order valence-corrected chi connectivity index (χ2v) is 7.46. The molecule has 0 aliphatic heterocycles. The van der Waals surface area contributed by atoms with Crippen LogP contribution in [0.15, 0.2) is 35.4 Å². The van der Waals surface area contributed by atoms with Crippen LogP contribution in [-0.4, -0.2) is 27.1 Å². The van der Waals surface area contributed by atoms with Gasteiger partial charge in [0, 0.05) is 34.4 Å². The molecule has 1 aliphatic rings. The molecule has 1 aliphatic carbocycles. The summed E-state index contributed by atoms with van der Waals surface area (Å²) in [5.74, 6) is -0.443. The highest BCUT2D eigenvalue weighted by Crippen LogP contribution is 2.39. The van der Waals surface area contributed by atoms with Gasteiger partial charge in [-0.3, -0.25) is 4.79 Å². The number of fused-ring (bicyclic) bond motifs is 1. The molecule has 4 rings (SSSR count). The van der Waals surface area contributed by atoms with Crippen molar-refractivity contribution in [1.29, 1.82) is 0 Å². The molecule has 8 nitrogen and oxygen atoms in total. The van der Waals surface area contributed by atoms with Gasteiger partial charge in [-0.05, 0) is 38.0 Å². The van der Waals surface area contributed by atoms with Crippen LogP contribution in [0.1, 0.15) is 47.4 Å². The van der Waals surface area contributed by atoms with Crippen molar-refractivity contribution in [2.45, 2.75) is 39.0 Å². The number of benzene rings is 1. The Balaban J connectivity index is 1.74. The number of aromatic nitrogens is 3. The number of carbonyl (C=O) groups excluding carboxylic acids is 1. The summed E-state index contributed by atoms with van der Waals surface area (Å²) >= 11 is 6.48. The molecule has 0 radical (unpaired) electrons. The van der Waals surface area contributed by atoms with Crippen LogP contribution in [-0.2, 0) is 22.7 Å². The highest BCUT2D eigenvalue weighted by Gasteiger charge is 2.28. The second-order valence-electron chi connectivity index (χ2n) is 7.05. The molecule has 0 unspecified atom stereocenters. The lowest BCUT2D eigenvalue weighted by Crippen LogP contribution is -2.21. The molecule has 1 saturated carbocycles. The number of hydrogen-bond acceptors (Lipinski definition) is 7. The van der Waals surface area contributed by atoms with Crippen molar-refractivity contribution in [3.63, 3.8) is 0 Å². The fourth-order valence-corrected chi connectivity index (χ4v) is 3.59. The van der Waals surface area contributed by atoms with Gasteiger partial charge in [0.1, 0.15) is 5.56 Å². The van der Waals surface area contributed by atoms with Gasteiger partial charge in [0.2, 0.25) is 11.4 Å². The number of carbonyl (C=O) groups is 1. The minimum Gasteiger partial charge on any atom is -0.462 e. The molecule has 0 amide bonds. The van der Waals surface area contributed by atoms with Crippen molar-refractivity contribution in [3.05, 3.63) is 62.7 Å². The van der Waals surface area contributed by atoms with Crippen LogP contribution in [0.2, 0.25) is 5.02 Å². The van der Waals surface area contributed by atoms with Crippen LogP contribution >= 0.6 is 11.6 Å². The lowest BCUT2D eigenvalue weighted by Gasteiger charge is -2.17. The average molecular weight is 429 g/mol. The van der Waals surface area contributed by atoms with Gasteiger partial charge in [-0.2, -0.15) is 0 Å². The third-order valence-electron chi connectivity index (χ3n) is 4.91. The maximum Gasteiger partial charge on any atom is 0.343 e. The molecule has 0 bridgehead atoms. The molecule has 1 fully saturated rings. The number of nitrogen functional groups attached to an aromatic ring is 1. The summed E-state index contributed by atoms with van der Waals surface area (Å²) in [6.45, 7) is 2.30. The number of nitrogens with zero attached hydrogens (tertiary/aromatic N) is 3. The van der Waals surface area contributed by atoms with E-state index in [1.54, 1.807) is 37.5 Å². The van der Waals surface area contributed by atoms with Crippen molar-refractivity contribution in [1.82, 2.24) is 14.5 Å². The molecule has 2 aromatic heterocycles. The smallest absolute Gasteiger partial charge is 0.343 e. The van der Waals surface area contributed by atoms with E-state index in [1.165, 1.54) is 0 Å². The standard InChI is InChI=1S/C21H21ClN4O4/c1-2-30-20(28)15-9-26(13-3-4-13)18-14(19(15)27)5-6-17(22)16(18)11-29-10-12-7-8-24-21(23)25-12/h5-9,13H,2-4,10-11H2,1H3,(H2,23,24,25). The van der Waals surface area contributed by atoms with E-state index in [-0.39, 0.29) is 42.8 Å². The first-order chi connectivity index (χ1) is 14.5. The van der Waals surface area contributed by atoms with Crippen LogP contribution in [0.3, 0.4) is 0 Å². The molecule has 0 atom stereocenters. The number of anilines is 1. The monoisotopic (exact) mass is 428 g/mol. The summed E-state index contributed by atoms with van der Waals surface area (Å²) in [5.41, 5.74) is 7.28. The van der Waals surface area contributed by atoms with Crippen LogP contribution in [0.5, 0.6) is 0 Å². The van der Waals surface area contributed by atoms with Gasteiger partial charge in [0.15, 0.2) is 0 Å². The van der Waals surface area contributed by atoms with Crippen LogP contribution in [0.4, 0.5) is 5.95 Å². The lowest BCUT2D eigenvalue weighted by atomic mass is 10.1. The normalized spacial score (nSPS) is 13.5. The zero-order valence-electron chi connectivity index (χ0n) is 16.4. The van der Waals surface area contributed by atoms with E-state index in [9.17, 15) is 9.59 Å². The van der Waals surface area contributed by atoms with E-state index in [1.807, 2.05) is 4.57 Å². The van der Waals surface area contributed by atoms with Gasteiger partial charge in [-0.15, -0.1) is 0 Å². The molecular weight excluding hydrogens is 408 g/mol. The Morgan fingerprint density at radius 2 is 2.10 bits per heavy atom. The Morgan fingerprint density at radius 3 is 2.80 bits per heavy atom. The molecular formula is C21H21ClN4O4. The molecule has 3 aromatic rings. The van der Waals surface area contributed by atoms with Crippen LogP contribution < -0.4 is 11.2 Å². The summed E-state index contributed by atoms with van der Waals surface area (Å²) in [5, 5.41) is 0.907. The molecule has 2 heterocycles. The summed E-state index contributed by atoms with van der Waals surface area (Å²) < 4.78 is 12.8. The Hall–Kier alpha value is -2.97. The number of esters is 1. The van der Waals surface area contributed by atoms with Gasteiger partial charge < -0.3 is 19.8 Å². The molecule has 1 aromatic carbocycles. The van der Waals surface area contributed by atoms with E-state index >= 15 is 0 Å². The van der Waals surface area contributed by atoms with Crippen LogP contribution in [0.25, 0.3) is 10.9 Å². The fourth-order valence-electron chi connectivity index (χ4n) is 3.38. The maximum absolute atomic E-state index is 13.0. The summed E-state index contributed by atoms with van der Waals surface area (Å²) in [6, 6.07) is 5.22. The summed E-state index contributed by atoms with van der Waals surface area (Å²) in [7, 11) is 0. The number of nitrogens with two attached hydrogens (primary N) is 1. The quantitative estimate of drug-likeness (QED) is 0.575. The minimum absolute atomic E-state index is 0.0295. The second kappa shape index (κ2) is 8.41. The summed E-state index contributed by atoms with van der Waals surface area (Å²) in [6.07, 6.45) is 5.08. The first-order valence-electron chi connectivity index (χ1n) is 9.68. The molecule has 156 valence electrons. The van der Waals surface area contributed by atoms with Crippen molar-refractivity contribution in [3.8, 4) is 0 Å². The largest absolute Gasteiger partial charge is 0.462 e. The molecule has 9 heteroatoms. The van der Waals surface area contributed by atoms with Gasteiger partial charge in [-0.1, -0.05) is 11.6 Å². The Morgan fingerprint density at radius 1 is 1.30 bits per heavy atom. The first-order valence-corrected chi connectivity index (χ1v) is 10.1. The van der Waals surface area contributed by atoms with Crippen molar-refractivity contribution in [2.24, 2.45) is 0 Å². The predicted molar refractivity (Wildman–Crippen MR) is 112 cm³/mol. The van der Waals surface area contributed by atoms with Crippen molar-refractivity contribution >= 4 is 34.4 Å². The predicted octanol–water partition coefficient (Wildman–Crippen LogP) is 3.26. The first kappa shape index (κ1) is 20.3. The Kier molecular flexibility index (Phi) is 5.69. The lowest BCUT2D eigenvalue weighted by molar-refractivity contribution is 0.0524. The van der Waals surface area contributed by atoms with Gasteiger partial charge in [0.05, 0.1) is 31.0 Å². The van der Waals surface area contributed by atoms with Gasteiger partial charge in [0.25, 0.3) is 0 Å². The van der Waals surface area contributed by atoms with Gasteiger partial charge in [-0.25, -0.2) is 14.8 Å². The van der Waals surface area contributed by atoms with E-state index in [4.69, 9.17) is 26.8 Å². The highest BCUT2D eigenvalue weighted by molar-refractivity contribution is 6.32. The molecule has 0 saturated heterocycles. The molecule has 0 spiro atoms. The van der Waals surface area contributed by atoms with E-state index in [0.29, 0.717) is 27.2 Å². The third-order valence-corrected chi connectivity index (χ3v) is 5.26. The number of ether oxygens (including phenoxy) is 2. The zero-order valence-corrected chi connectivity index (χ0v) is 17.2. The van der Waals surface area contributed by atoms with Crippen molar-refractivity contribution in [2.75, 3.05) is 12.3 Å². The zero-order chi connectivity index (χ0) is 21.3. The van der Waals surface area contributed by atoms with E-state index < -0.39 is 5.97 Å². The van der Waals surface area contributed by atoms with E-state index in [0.717, 1.165) is 12.8 Å². The number of hydrogen-bond donors (Lipinski definition) is 1.